The predicted molar refractivity (Wildman–Crippen MR) is 145 cm³/mol. The zero-order valence-corrected chi connectivity index (χ0v) is 23.2. The molecule has 0 aliphatic carbocycles. The van der Waals surface area contributed by atoms with Crippen LogP contribution in [0.3, 0.4) is 0 Å². The number of piperazine rings is 1. The van der Waals surface area contributed by atoms with Crippen molar-refractivity contribution in [3.8, 4) is 11.1 Å². The van der Waals surface area contributed by atoms with Gasteiger partial charge in [0.2, 0.25) is 0 Å². The van der Waals surface area contributed by atoms with Gasteiger partial charge in [0.25, 0.3) is 5.91 Å². The van der Waals surface area contributed by atoms with Crippen LogP contribution in [-0.2, 0) is 9.59 Å². The third-order valence-corrected chi connectivity index (χ3v) is 6.18. The number of carboxylic acids is 2. The van der Waals surface area contributed by atoms with Crippen molar-refractivity contribution in [2.75, 3.05) is 31.1 Å². The van der Waals surface area contributed by atoms with Gasteiger partial charge >= 0.3 is 24.3 Å². The van der Waals surface area contributed by atoms with E-state index >= 15 is 0 Å². The molecule has 1 aromatic carbocycles. The molecule has 0 atom stereocenters. The number of rotatable bonds is 3. The van der Waals surface area contributed by atoms with Crippen LogP contribution in [0.25, 0.3) is 16.6 Å². The summed E-state index contributed by atoms with van der Waals surface area (Å²) in [6.45, 7) is 4.59. The van der Waals surface area contributed by atoms with Crippen molar-refractivity contribution in [3.63, 3.8) is 0 Å². The Kier molecular flexibility index (Phi) is 10.7. The van der Waals surface area contributed by atoms with Gasteiger partial charge in [0.1, 0.15) is 11.5 Å². The molecule has 4 aromatic rings. The van der Waals surface area contributed by atoms with E-state index < -0.39 is 24.3 Å². The fourth-order valence-corrected chi connectivity index (χ4v) is 4.01. The van der Waals surface area contributed by atoms with Crippen LogP contribution in [0.4, 0.5) is 36.4 Å². The summed E-state index contributed by atoms with van der Waals surface area (Å²) in [6.07, 6.45) is -6.38. The predicted octanol–water partition coefficient (Wildman–Crippen LogP) is 5.07. The highest BCUT2D eigenvalue weighted by Gasteiger charge is 2.38. The molecule has 1 amide bonds. The third-order valence-electron chi connectivity index (χ3n) is 6.18. The minimum Gasteiger partial charge on any atom is -0.475 e. The lowest BCUT2D eigenvalue weighted by molar-refractivity contribution is -0.193. The number of hydrogen-bond acceptors (Lipinski definition) is 6. The highest BCUT2D eigenvalue weighted by molar-refractivity contribution is 5.92. The molecule has 0 bridgehead atoms. The topological polar surface area (TPSA) is 128 Å². The maximum Gasteiger partial charge on any atom is 0.490 e. The number of aromatic nitrogens is 3. The van der Waals surface area contributed by atoms with Gasteiger partial charge < -0.3 is 20.0 Å². The van der Waals surface area contributed by atoms with Crippen LogP contribution in [0.1, 0.15) is 16.2 Å². The fraction of sp³-hybridized carbons (Fsp3) is 0.250. The lowest BCUT2D eigenvalue weighted by Gasteiger charge is -2.35. The van der Waals surface area contributed by atoms with Crippen LogP contribution >= 0.6 is 0 Å². The second-order valence-electron chi connectivity index (χ2n) is 9.33. The molecule has 1 aliphatic heterocycles. The average molecular weight is 644 g/mol. The van der Waals surface area contributed by atoms with E-state index in [1.165, 1.54) is 12.1 Å². The van der Waals surface area contributed by atoms with Gasteiger partial charge in [-0.15, -0.1) is 0 Å². The number of hydrogen-bond donors (Lipinski definition) is 2. The Morgan fingerprint density at radius 3 is 1.87 bits per heavy atom. The number of anilines is 1. The highest BCUT2D eigenvalue weighted by Crippen LogP contribution is 2.28. The minimum atomic E-state index is -5.08. The molecular weight excluding hydrogens is 619 g/mol. The summed E-state index contributed by atoms with van der Waals surface area (Å²) in [4.78, 5) is 39.0. The lowest BCUT2D eigenvalue weighted by Crippen LogP contribution is -2.49. The number of aliphatic carboxylic acids is 2. The third kappa shape index (κ3) is 9.38. The van der Waals surface area contributed by atoms with E-state index in [2.05, 4.69) is 21.0 Å². The maximum absolute atomic E-state index is 13.3. The first-order valence-corrected chi connectivity index (χ1v) is 12.8. The van der Waals surface area contributed by atoms with Crippen LogP contribution in [0.5, 0.6) is 0 Å². The van der Waals surface area contributed by atoms with Gasteiger partial charge in [-0.2, -0.15) is 31.4 Å². The molecule has 4 heterocycles. The van der Waals surface area contributed by atoms with E-state index in [0.29, 0.717) is 18.8 Å². The van der Waals surface area contributed by atoms with Gasteiger partial charge in [-0.25, -0.2) is 23.5 Å². The lowest BCUT2D eigenvalue weighted by atomic mass is 10.1. The Labute approximate surface area is 249 Å². The Balaban J connectivity index is 0.000000331. The summed E-state index contributed by atoms with van der Waals surface area (Å²) in [5, 5.41) is 18.7. The molecule has 0 unspecified atom stereocenters. The number of carbonyl (C=O) groups excluding carboxylic acids is 1. The van der Waals surface area contributed by atoms with Gasteiger partial charge in [-0.3, -0.25) is 4.79 Å². The van der Waals surface area contributed by atoms with Gasteiger partial charge in [-0.05, 0) is 54.4 Å². The van der Waals surface area contributed by atoms with E-state index in [9.17, 15) is 35.5 Å². The van der Waals surface area contributed by atoms with E-state index in [0.717, 1.165) is 41.1 Å². The van der Waals surface area contributed by atoms with Crippen molar-refractivity contribution in [3.05, 3.63) is 84.2 Å². The Morgan fingerprint density at radius 2 is 1.36 bits per heavy atom. The molecule has 1 saturated heterocycles. The molecule has 3 aromatic heterocycles. The molecule has 5 rings (SSSR count). The van der Waals surface area contributed by atoms with Gasteiger partial charge in [0.15, 0.2) is 0 Å². The van der Waals surface area contributed by atoms with Crippen LogP contribution in [0.2, 0.25) is 0 Å². The number of fused-ring (bicyclic) bond motifs is 1. The molecule has 1 fully saturated rings. The van der Waals surface area contributed by atoms with Crippen molar-refractivity contribution in [2.24, 2.45) is 0 Å². The molecular formula is C28H24F7N5O5. The number of amides is 1. The van der Waals surface area contributed by atoms with E-state index in [1.54, 1.807) is 18.2 Å². The number of halogens is 7. The first kappa shape index (κ1) is 34.3. The summed E-state index contributed by atoms with van der Waals surface area (Å²) < 4.78 is 78.6. The van der Waals surface area contributed by atoms with Crippen LogP contribution < -0.4 is 4.90 Å². The smallest absolute Gasteiger partial charge is 0.475 e. The summed E-state index contributed by atoms with van der Waals surface area (Å²) in [5.74, 6) is -5.79. The van der Waals surface area contributed by atoms with E-state index in [1.807, 2.05) is 46.9 Å². The number of carbonyl (C=O) groups is 3. The standard InChI is InChI=1S/C24H22FN5O.2C2HF3O2/c1-17-3-2-4-21(27-17)24(31)29-13-11-28(12-14-29)23-16-26-30-10-9-19(15-22(23)30)18-5-7-20(25)8-6-18;2*3-2(4,5)1(6)7/h2-10,15-16H,11-14H2,1H3;2*(H,6,7). The monoisotopic (exact) mass is 643 g/mol. The fourth-order valence-electron chi connectivity index (χ4n) is 4.01. The average Bonchev–Trinajstić information content (AvgIpc) is 3.40. The first-order chi connectivity index (χ1) is 21.0. The van der Waals surface area contributed by atoms with Crippen molar-refractivity contribution in [1.29, 1.82) is 0 Å². The normalized spacial score (nSPS) is 13.3. The highest BCUT2D eigenvalue weighted by atomic mass is 19.4. The van der Waals surface area contributed by atoms with Crippen molar-refractivity contribution < 1.29 is 55.3 Å². The molecule has 2 N–H and O–H groups in total. The summed E-state index contributed by atoms with van der Waals surface area (Å²) in [6, 6.07) is 16.1. The number of carboxylic acid groups (broad SMARTS) is 2. The molecule has 0 saturated carbocycles. The van der Waals surface area contributed by atoms with Crippen molar-refractivity contribution in [2.45, 2.75) is 19.3 Å². The SMILES string of the molecule is Cc1cccc(C(=O)N2CCN(c3cnn4ccc(-c5ccc(F)cc5)cc34)CC2)n1.O=C(O)C(F)(F)F.O=C(O)C(F)(F)F. The molecule has 1 aliphatic rings. The number of aryl methyl sites for hydroxylation is 1. The van der Waals surface area contributed by atoms with Crippen LogP contribution in [0, 0.1) is 12.7 Å². The van der Waals surface area contributed by atoms with Gasteiger partial charge in [-0.1, -0.05) is 18.2 Å². The Bertz CT molecular complexity index is 1620. The van der Waals surface area contributed by atoms with Crippen molar-refractivity contribution in [1.82, 2.24) is 19.5 Å². The second kappa shape index (κ2) is 14.0. The quantitative estimate of drug-likeness (QED) is 0.296. The molecule has 240 valence electrons. The Morgan fingerprint density at radius 1 is 0.800 bits per heavy atom. The van der Waals surface area contributed by atoms with E-state index in [4.69, 9.17) is 19.8 Å². The Hall–Kier alpha value is -5.22. The van der Waals surface area contributed by atoms with Gasteiger partial charge in [0, 0.05) is 38.1 Å². The molecule has 0 spiro atoms. The number of pyridine rings is 2. The number of benzene rings is 1. The van der Waals surface area contributed by atoms with E-state index in [-0.39, 0.29) is 11.7 Å². The summed E-state index contributed by atoms with van der Waals surface area (Å²) in [7, 11) is 0. The molecule has 45 heavy (non-hydrogen) atoms. The first-order valence-electron chi connectivity index (χ1n) is 12.8. The molecule has 10 nitrogen and oxygen atoms in total. The summed E-state index contributed by atoms with van der Waals surface area (Å²) in [5.41, 5.74) is 5.32. The van der Waals surface area contributed by atoms with Gasteiger partial charge in [0.05, 0.1) is 17.4 Å². The van der Waals surface area contributed by atoms with Crippen LogP contribution in [0.15, 0.2) is 67.0 Å². The largest absolute Gasteiger partial charge is 0.490 e. The molecule has 17 heteroatoms. The zero-order valence-electron chi connectivity index (χ0n) is 23.2. The molecule has 0 radical (unpaired) electrons. The van der Waals surface area contributed by atoms with Crippen molar-refractivity contribution >= 4 is 29.0 Å². The minimum absolute atomic E-state index is 0.0261. The summed E-state index contributed by atoms with van der Waals surface area (Å²) >= 11 is 0. The van der Waals surface area contributed by atoms with Crippen LogP contribution in [-0.4, -0.2) is 86.1 Å². The second-order valence-corrected chi connectivity index (χ2v) is 9.33. The maximum atomic E-state index is 13.3. The zero-order chi connectivity index (χ0) is 33.5. The number of nitrogens with zero attached hydrogens (tertiary/aromatic N) is 5. The number of alkyl halides is 6.